The number of aryl methyl sites for hydroxylation is 1. The SMILES string of the molecule is Cc1ccccc1C(=O)N(C)C(C)CCl. The van der Waals surface area contributed by atoms with E-state index in [-0.39, 0.29) is 11.9 Å². The molecule has 2 nitrogen and oxygen atoms in total. The largest absolute Gasteiger partial charge is 0.338 e. The van der Waals surface area contributed by atoms with Crippen molar-refractivity contribution in [1.29, 1.82) is 0 Å². The molecule has 0 heterocycles. The summed E-state index contributed by atoms with van der Waals surface area (Å²) in [6.07, 6.45) is 0. The van der Waals surface area contributed by atoms with Crippen molar-refractivity contribution >= 4 is 17.5 Å². The minimum absolute atomic E-state index is 0.0289. The lowest BCUT2D eigenvalue weighted by Crippen LogP contribution is -2.36. The minimum atomic E-state index is 0.0289. The number of alkyl halides is 1. The van der Waals surface area contributed by atoms with E-state index in [4.69, 9.17) is 11.6 Å². The van der Waals surface area contributed by atoms with E-state index in [9.17, 15) is 4.79 Å². The van der Waals surface area contributed by atoms with Crippen LogP contribution in [0.2, 0.25) is 0 Å². The van der Waals surface area contributed by atoms with Gasteiger partial charge in [0, 0.05) is 24.5 Å². The average Bonchev–Trinajstić information content (AvgIpc) is 2.26. The third-order valence-electron chi connectivity index (χ3n) is 2.58. The lowest BCUT2D eigenvalue weighted by atomic mass is 10.1. The molecular weight excluding hydrogens is 210 g/mol. The Bertz CT molecular complexity index is 351. The highest BCUT2D eigenvalue weighted by Gasteiger charge is 2.17. The van der Waals surface area contributed by atoms with Crippen LogP contribution in [0.15, 0.2) is 24.3 Å². The van der Waals surface area contributed by atoms with E-state index in [0.717, 1.165) is 11.1 Å². The number of carbonyl (C=O) groups excluding carboxylic acids is 1. The Labute approximate surface area is 95.8 Å². The van der Waals surface area contributed by atoms with E-state index >= 15 is 0 Å². The zero-order valence-corrected chi connectivity index (χ0v) is 10.1. The highest BCUT2D eigenvalue weighted by atomic mass is 35.5. The summed E-state index contributed by atoms with van der Waals surface area (Å²) in [5, 5.41) is 0. The van der Waals surface area contributed by atoms with Gasteiger partial charge in [0.05, 0.1) is 0 Å². The van der Waals surface area contributed by atoms with Crippen LogP contribution >= 0.6 is 11.6 Å². The first-order valence-corrected chi connectivity index (χ1v) is 5.50. The van der Waals surface area contributed by atoms with Crippen molar-refractivity contribution in [2.75, 3.05) is 12.9 Å². The van der Waals surface area contributed by atoms with Crippen molar-refractivity contribution in [3.05, 3.63) is 35.4 Å². The Morgan fingerprint density at radius 2 is 2.07 bits per heavy atom. The molecule has 0 aliphatic heterocycles. The fourth-order valence-corrected chi connectivity index (χ4v) is 1.51. The Morgan fingerprint density at radius 1 is 1.47 bits per heavy atom. The molecule has 0 aliphatic carbocycles. The first-order chi connectivity index (χ1) is 7.07. The molecule has 0 radical (unpaired) electrons. The van der Waals surface area contributed by atoms with Gasteiger partial charge < -0.3 is 4.90 Å². The van der Waals surface area contributed by atoms with Crippen molar-refractivity contribution in [3.63, 3.8) is 0 Å². The van der Waals surface area contributed by atoms with Gasteiger partial charge in [0.15, 0.2) is 0 Å². The zero-order chi connectivity index (χ0) is 11.4. The van der Waals surface area contributed by atoms with Gasteiger partial charge in [0.2, 0.25) is 0 Å². The summed E-state index contributed by atoms with van der Waals surface area (Å²) >= 11 is 5.72. The van der Waals surface area contributed by atoms with E-state index in [0.29, 0.717) is 5.88 Å². The maximum absolute atomic E-state index is 12.0. The van der Waals surface area contributed by atoms with Crippen molar-refractivity contribution in [2.24, 2.45) is 0 Å². The first kappa shape index (κ1) is 12.1. The number of hydrogen-bond donors (Lipinski definition) is 0. The molecular formula is C12H16ClNO. The maximum Gasteiger partial charge on any atom is 0.254 e. The Balaban J connectivity index is 2.90. The molecule has 0 aliphatic rings. The minimum Gasteiger partial charge on any atom is -0.338 e. The van der Waals surface area contributed by atoms with Gasteiger partial charge in [-0.05, 0) is 25.5 Å². The van der Waals surface area contributed by atoms with Crippen molar-refractivity contribution in [3.8, 4) is 0 Å². The van der Waals surface area contributed by atoms with Crippen molar-refractivity contribution < 1.29 is 4.79 Å². The molecule has 1 rings (SSSR count). The number of rotatable bonds is 3. The van der Waals surface area contributed by atoms with E-state index in [2.05, 4.69) is 0 Å². The number of nitrogens with zero attached hydrogens (tertiary/aromatic N) is 1. The maximum atomic E-state index is 12.0. The van der Waals surface area contributed by atoms with Crippen LogP contribution in [0.3, 0.4) is 0 Å². The molecule has 0 fully saturated rings. The monoisotopic (exact) mass is 225 g/mol. The predicted molar refractivity (Wildman–Crippen MR) is 63.5 cm³/mol. The molecule has 1 aromatic rings. The van der Waals surface area contributed by atoms with Gasteiger partial charge in [-0.15, -0.1) is 11.6 Å². The van der Waals surface area contributed by atoms with Gasteiger partial charge in [-0.1, -0.05) is 18.2 Å². The van der Waals surface area contributed by atoms with E-state index in [1.807, 2.05) is 38.1 Å². The van der Waals surface area contributed by atoms with Gasteiger partial charge in [-0.2, -0.15) is 0 Å². The van der Waals surface area contributed by atoms with Crippen LogP contribution in [0.1, 0.15) is 22.8 Å². The molecule has 0 N–H and O–H groups in total. The second kappa shape index (κ2) is 5.17. The highest BCUT2D eigenvalue weighted by molar-refractivity contribution is 6.18. The summed E-state index contributed by atoms with van der Waals surface area (Å²) in [6.45, 7) is 3.87. The fourth-order valence-electron chi connectivity index (χ4n) is 1.31. The second-order valence-corrected chi connectivity index (χ2v) is 4.04. The molecule has 0 aromatic heterocycles. The molecule has 1 unspecified atom stereocenters. The Morgan fingerprint density at radius 3 is 2.60 bits per heavy atom. The molecule has 15 heavy (non-hydrogen) atoms. The van der Waals surface area contributed by atoms with Gasteiger partial charge in [0.25, 0.3) is 5.91 Å². The van der Waals surface area contributed by atoms with Gasteiger partial charge in [0.1, 0.15) is 0 Å². The van der Waals surface area contributed by atoms with E-state index in [1.54, 1.807) is 11.9 Å². The van der Waals surface area contributed by atoms with E-state index < -0.39 is 0 Å². The van der Waals surface area contributed by atoms with Crippen LogP contribution in [0, 0.1) is 6.92 Å². The third kappa shape index (κ3) is 2.72. The van der Waals surface area contributed by atoms with Crippen LogP contribution in [0.5, 0.6) is 0 Å². The lowest BCUT2D eigenvalue weighted by Gasteiger charge is -2.23. The number of amides is 1. The molecule has 1 aromatic carbocycles. The van der Waals surface area contributed by atoms with Crippen molar-refractivity contribution in [1.82, 2.24) is 4.90 Å². The van der Waals surface area contributed by atoms with E-state index in [1.165, 1.54) is 0 Å². The van der Waals surface area contributed by atoms with Crippen LogP contribution in [0.4, 0.5) is 0 Å². The lowest BCUT2D eigenvalue weighted by molar-refractivity contribution is 0.0756. The first-order valence-electron chi connectivity index (χ1n) is 4.96. The predicted octanol–water partition coefficient (Wildman–Crippen LogP) is 2.69. The second-order valence-electron chi connectivity index (χ2n) is 3.73. The molecule has 0 spiro atoms. The summed E-state index contributed by atoms with van der Waals surface area (Å²) in [4.78, 5) is 13.7. The van der Waals surface area contributed by atoms with Crippen molar-refractivity contribution in [2.45, 2.75) is 19.9 Å². The molecule has 1 atom stereocenters. The molecule has 0 saturated heterocycles. The van der Waals surface area contributed by atoms with Crippen LogP contribution in [-0.4, -0.2) is 29.8 Å². The third-order valence-corrected chi connectivity index (χ3v) is 3.03. The standard InChI is InChI=1S/C12H16ClNO/c1-9-6-4-5-7-11(9)12(15)14(3)10(2)8-13/h4-7,10H,8H2,1-3H3. The smallest absolute Gasteiger partial charge is 0.254 e. The number of hydrogen-bond acceptors (Lipinski definition) is 1. The summed E-state index contributed by atoms with van der Waals surface area (Å²) in [5.74, 6) is 0.481. The summed E-state index contributed by atoms with van der Waals surface area (Å²) < 4.78 is 0. The quantitative estimate of drug-likeness (QED) is 0.725. The van der Waals surface area contributed by atoms with Crippen LogP contribution in [0.25, 0.3) is 0 Å². The van der Waals surface area contributed by atoms with Gasteiger partial charge in [-0.25, -0.2) is 0 Å². The molecule has 0 bridgehead atoms. The highest BCUT2D eigenvalue weighted by Crippen LogP contribution is 2.11. The topological polar surface area (TPSA) is 20.3 Å². The summed E-state index contributed by atoms with van der Waals surface area (Å²) in [7, 11) is 1.78. The Kier molecular flexibility index (Phi) is 4.15. The summed E-state index contributed by atoms with van der Waals surface area (Å²) in [6, 6.07) is 7.64. The molecule has 0 saturated carbocycles. The fraction of sp³-hybridized carbons (Fsp3) is 0.417. The van der Waals surface area contributed by atoms with Gasteiger partial charge >= 0.3 is 0 Å². The number of benzene rings is 1. The zero-order valence-electron chi connectivity index (χ0n) is 9.33. The van der Waals surface area contributed by atoms with Crippen LogP contribution < -0.4 is 0 Å². The average molecular weight is 226 g/mol. The molecule has 82 valence electrons. The van der Waals surface area contributed by atoms with Gasteiger partial charge in [-0.3, -0.25) is 4.79 Å². The number of halogens is 1. The number of carbonyl (C=O) groups is 1. The molecule has 1 amide bonds. The normalized spacial score (nSPS) is 12.3. The summed E-state index contributed by atoms with van der Waals surface area (Å²) in [5.41, 5.74) is 1.74. The van der Waals surface area contributed by atoms with Crippen LogP contribution in [-0.2, 0) is 0 Å². The molecule has 3 heteroatoms. The Hall–Kier alpha value is -1.02.